The van der Waals surface area contributed by atoms with Gasteiger partial charge < -0.3 is 20.3 Å². The van der Waals surface area contributed by atoms with Crippen LogP contribution in [0.1, 0.15) is 34.1 Å². The maximum absolute atomic E-state index is 12.0. The number of hydrogen-bond acceptors (Lipinski definition) is 4. The molecular formula is C14H27N3O3. The Hall–Kier alpha value is -1.30. The quantitative estimate of drug-likeness (QED) is 0.837. The van der Waals surface area contributed by atoms with Crippen molar-refractivity contribution in [2.75, 3.05) is 32.7 Å². The van der Waals surface area contributed by atoms with Gasteiger partial charge >= 0.3 is 6.09 Å². The monoisotopic (exact) mass is 285 g/mol. The molecular weight excluding hydrogens is 258 g/mol. The number of carbonyl (C=O) groups excluding carboxylic acids is 2. The molecule has 1 heterocycles. The second-order valence-electron chi connectivity index (χ2n) is 6.22. The van der Waals surface area contributed by atoms with Crippen LogP contribution < -0.4 is 5.73 Å². The van der Waals surface area contributed by atoms with Crippen LogP contribution in [-0.4, -0.2) is 60.1 Å². The summed E-state index contributed by atoms with van der Waals surface area (Å²) in [4.78, 5) is 27.1. The standard InChI is InChI=1S/C14H27N3O3/c1-5-16(12(18)8-15)9-11-6-7-17(10-11)13(19)20-14(2,3)4/h11H,5-10,15H2,1-4H3/t11-/m1/s1. The van der Waals surface area contributed by atoms with E-state index >= 15 is 0 Å². The van der Waals surface area contributed by atoms with Crippen molar-refractivity contribution in [3.8, 4) is 0 Å². The van der Waals surface area contributed by atoms with E-state index in [4.69, 9.17) is 10.5 Å². The third-order valence-electron chi connectivity index (χ3n) is 3.33. The van der Waals surface area contributed by atoms with Crippen LogP contribution in [0.15, 0.2) is 0 Å². The van der Waals surface area contributed by atoms with Gasteiger partial charge in [-0.05, 0) is 40.0 Å². The molecule has 0 bridgehead atoms. The normalized spacial score (nSPS) is 19.1. The molecule has 1 aliphatic rings. The maximum atomic E-state index is 12.0. The van der Waals surface area contributed by atoms with Gasteiger partial charge in [0.25, 0.3) is 0 Å². The molecule has 0 aromatic carbocycles. The van der Waals surface area contributed by atoms with E-state index in [1.807, 2.05) is 27.7 Å². The van der Waals surface area contributed by atoms with Crippen molar-refractivity contribution in [1.82, 2.24) is 9.80 Å². The number of nitrogens with zero attached hydrogens (tertiary/aromatic N) is 2. The highest BCUT2D eigenvalue weighted by Crippen LogP contribution is 2.20. The van der Waals surface area contributed by atoms with Crippen LogP contribution in [0.5, 0.6) is 0 Å². The van der Waals surface area contributed by atoms with E-state index in [1.54, 1.807) is 9.80 Å². The minimum absolute atomic E-state index is 0.0380. The van der Waals surface area contributed by atoms with Gasteiger partial charge in [0.15, 0.2) is 0 Å². The van der Waals surface area contributed by atoms with Gasteiger partial charge in [0.2, 0.25) is 5.91 Å². The lowest BCUT2D eigenvalue weighted by molar-refractivity contribution is -0.130. The van der Waals surface area contributed by atoms with E-state index in [1.165, 1.54) is 0 Å². The number of likely N-dealkylation sites (N-methyl/N-ethyl adjacent to an activating group) is 1. The molecule has 2 amide bonds. The van der Waals surface area contributed by atoms with Crippen LogP contribution in [0.2, 0.25) is 0 Å². The predicted molar refractivity (Wildman–Crippen MR) is 77.2 cm³/mol. The second-order valence-corrected chi connectivity index (χ2v) is 6.22. The van der Waals surface area contributed by atoms with Crippen molar-refractivity contribution in [3.05, 3.63) is 0 Å². The van der Waals surface area contributed by atoms with E-state index < -0.39 is 5.60 Å². The van der Waals surface area contributed by atoms with Crippen molar-refractivity contribution >= 4 is 12.0 Å². The van der Waals surface area contributed by atoms with Gasteiger partial charge in [-0.3, -0.25) is 4.79 Å². The Morgan fingerprint density at radius 1 is 1.40 bits per heavy atom. The summed E-state index contributed by atoms with van der Waals surface area (Å²) in [6.07, 6.45) is 0.626. The van der Waals surface area contributed by atoms with Crippen LogP contribution in [0, 0.1) is 5.92 Å². The Morgan fingerprint density at radius 3 is 2.55 bits per heavy atom. The zero-order chi connectivity index (χ0) is 15.3. The van der Waals surface area contributed by atoms with E-state index in [0.29, 0.717) is 32.1 Å². The molecule has 0 aliphatic carbocycles. The van der Waals surface area contributed by atoms with Gasteiger partial charge in [-0.15, -0.1) is 0 Å². The van der Waals surface area contributed by atoms with E-state index in [-0.39, 0.29) is 18.5 Å². The molecule has 0 aromatic rings. The van der Waals surface area contributed by atoms with Crippen LogP contribution in [0.3, 0.4) is 0 Å². The van der Waals surface area contributed by atoms with E-state index in [2.05, 4.69) is 0 Å². The molecule has 1 rings (SSSR count). The number of nitrogens with two attached hydrogens (primary N) is 1. The molecule has 0 aromatic heterocycles. The summed E-state index contributed by atoms with van der Waals surface area (Å²) in [5.74, 6) is 0.265. The summed E-state index contributed by atoms with van der Waals surface area (Å²) < 4.78 is 5.36. The Labute approximate surface area is 121 Å². The van der Waals surface area contributed by atoms with Crippen molar-refractivity contribution in [1.29, 1.82) is 0 Å². The van der Waals surface area contributed by atoms with Crippen molar-refractivity contribution in [2.45, 2.75) is 39.7 Å². The summed E-state index contributed by atoms with van der Waals surface area (Å²) in [5, 5.41) is 0. The Bertz CT molecular complexity index is 352. The Morgan fingerprint density at radius 2 is 2.05 bits per heavy atom. The van der Waals surface area contributed by atoms with E-state index in [0.717, 1.165) is 6.42 Å². The Kier molecular flexibility index (Phi) is 5.80. The molecule has 0 saturated carbocycles. The zero-order valence-corrected chi connectivity index (χ0v) is 13.0. The molecule has 2 N–H and O–H groups in total. The molecule has 0 spiro atoms. The first-order chi connectivity index (χ1) is 9.26. The molecule has 6 heteroatoms. The van der Waals surface area contributed by atoms with Gasteiger partial charge in [-0.25, -0.2) is 4.79 Å². The first-order valence-electron chi connectivity index (χ1n) is 7.22. The van der Waals surface area contributed by atoms with Crippen molar-refractivity contribution in [2.24, 2.45) is 11.7 Å². The zero-order valence-electron chi connectivity index (χ0n) is 13.0. The van der Waals surface area contributed by atoms with Gasteiger partial charge in [0, 0.05) is 26.2 Å². The van der Waals surface area contributed by atoms with Crippen molar-refractivity contribution < 1.29 is 14.3 Å². The fourth-order valence-electron chi connectivity index (χ4n) is 2.32. The summed E-state index contributed by atoms with van der Waals surface area (Å²) in [6.45, 7) is 10.2. The van der Waals surface area contributed by atoms with Crippen LogP contribution in [-0.2, 0) is 9.53 Å². The molecule has 1 atom stereocenters. The highest BCUT2D eigenvalue weighted by Gasteiger charge is 2.31. The fraction of sp³-hybridized carbons (Fsp3) is 0.857. The topological polar surface area (TPSA) is 75.9 Å². The second kappa shape index (κ2) is 6.92. The fourth-order valence-corrected chi connectivity index (χ4v) is 2.32. The highest BCUT2D eigenvalue weighted by atomic mass is 16.6. The van der Waals surface area contributed by atoms with Crippen molar-refractivity contribution in [3.63, 3.8) is 0 Å². The minimum Gasteiger partial charge on any atom is -0.444 e. The number of hydrogen-bond donors (Lipinski definition) is 1. The van der Waals surface area contributed by atoms with Crippen LogP contribution in [0.4, 0.5) is 4.79 Å². The molecule has 1 saturated heterocycles. The van der Waals surface area contributed by atoms with Gasteiger partial charge in [-0.2, -0.15) is 0 Å². The largest absolute Gasteiger partial charge is 0.444 e. The molecule has 20 heavy (non-hydrogen) atoms. The third kappa shape index (κ3) is 5.00. The number of carbonyl (C=O) groups is 2. The summed E-state index contributed by atoms with van der Waals surface area (Å²) >= 11 is 0. The first kappa shape index (κ1) is 16.8. The average Bonchev–Trinajstić information content (AvgIpc) is 2.81. The average molecular weight is 285 g/mol. The van der Waals surface area contributed by atoms with Crippen LogP contribution in [0.25, 0.3) is 0 Å². The number of amides is 2. The predicted octanol–water partition coefficient (Wildman–Crippen LogP) is 1.05. The lowest BCUT2D eigenvalue weighted by atomic mass is 10.1. The van der Waals surface area contributed by atoms with E-state index in [9.17, 15) is 9.59 Å². The third-order valence-corrected chi connectivity index (χ3v) is 3.33. The molecule has 6 nitrogen and oxygen atoms in total. The highest BCUT2D eigenvalue weighted by molar-refractivity contribution is 5.78. The molecule has 1 fully saturated rings. The molecule has 0 unspecified atom stereocenters. The smallest absolute Gasteiger partial charge is 0.410 e. The minimum atomic E-state index is -0.472. The Balaban J connectivity index is 2.47. The first-order valence-corrected chi connectivity index (χ1v) is 7.22. The number of rotatable bonds is 4. The van der Waals surface area contributed by atoms with Gasteiger partial charge in [0.05, 0.1) is 6.54 Å². The molecule has 116 valence electrons. The molecule has 0 radical (unpaired) electrons. The van der Waals surface area contributed by atoms with Gasteiger partial charge in [-0.1, -0.05) is 0 Å². The lowest BCUT2D eigenvalue weighted by Gasteiger charge is -2.26. The molecule has 1 aliphatic heterocycles. The van der Waals surface area contributed by atoms with Crippen LogP contribution >= 0.6 is 0 Å². The maximum Gasteiger partial charge on any atom is 0.410 e. The number of ether oxygens (including phenoxy) is 1. The summed E-state index contributed by atoms with van der Waals surface area (Å²) in [7, 11) is 0. The summed E-state index contributed by atoms with van der Waals surface area (Å²) in [6, 6.07) is 0. The lowest BCUT2D eigenvalue weighted by Crippen LogP contribution is -2.40. The SMILES string of the molecule is CCN(C[C@H]1CCN(C(=O)OC(C)(C)C)C1)C(=O)CN. The number of likely N-dealkylation sites (tertiary alicyclic amines) is 1. The summed E-state index contributed by atoms with van der Waals surface area (Å²) in [5.41, 5.74) is 4.92. The van der Waals surface area contributed by atoms with Gasteiger partial charge in [0.1, 0.15) is 5.60 Å².